The zero-order valence-corrected chi connectivity index (χ0v) is 12.5. The minimum Gasteiger partial charge on any atom is -0.197 e. The lowest BCUT2D eigenvalue weighted by Gasteiger charge is -2.28. The highest BCUT2D eigenvalue weighted by atomic mass is 32.1. The lowest BCUT2D eigenvalue weighted by molar-refractivity contribution is 0.362. The Hall–Kier alpha value is -0.370. The molecule has 1 nitrogen and oxygen atoms in total. The molecule has 0 aliphatic carbocycles. The normalized spacial score (nSPS) is 14.8. The smallest absolute Gasteiger partial charge is 0.0601 e. The Morgan fingerprint density at radius 1 is 1.06 bits per heavy atom. The van der Waals surface area contributed by atoms with E-state index in [1.165, 1.54) is 57.1 Å². The van der Waals surface area contributed by atoms with Gasteiger partial charge in [0.2, 0.25) is 0 Å². The van der Waals surface area contributed by atoms with E-state index in [9.17, 15) is 0 Å². The van der Waals surface area contributed by atoms with Crippen molar-refractivity contribution in [3.63, 3.8) is 0 Å². The largest absolute Gasteiger partial charge is 0.197 e. The van der Waals surface area contributed by atoms with Crippen LogP contribution in [0.5, 0.6) is 0 Å². The van der Waals surface area contributed by atoms with Crippen molar-refractivity contribution < 1.29 is 0 Å². The van der Waals surface area contributed by atoms with Crippen LogP contribution >= 0.6 is 11.5 Å². The van der Waals surface area contributed by atoms with Gasteiger partial charge in [-0.3, -0.25) is 0 Å². The molecule has 0 bridgehead atoms. The molecular weight excluding hydrogens is 226 g/mol. The van der Waals surface area contributed by atoms with Crippen molar-refractivity contribution in [3.05, 3.63) is 17.1 Å². The zero-order chi connectivity index (χ0) is 12.6. The third-order valence-electron chi connectivity index (χ3n) is 3.72. The van der Waals surface area contributed by atoms with Crippen LogP contribution in [0.25, 0.3) is 0 Å². The van der Waals surface area contributed by atoms with Crippen LogP contribution in [0.4, 0.5) is 0 Å². The predicted molar refractivity (Wildman–Crippen MR) is 77.8 cm³/mol. The Balaban J connectivity index is 2.53. The van der Waals surface area contributed by atoms with Gasteiger partial charge in [-0.05, 0) is 30.4 Å². The van der Waals surface area contributed by atoms with Crippen LogP contribution in [0.3, 0.4) is 0 Å². The van der Waals surface area contributed by atoms with Crippen molar-refractivity contribution in [1.82, 2.24) is 4.37 Å². The van der Waals surface area contributed by atoms with Gasteiger partial charge in [-0.25, -0.2) is 0 Å². The third-order valence-corrected chi connectivity index (χ3v) is 4.28. The van der Waals surface area contributed by atoms with Gasteiger partial charge in [0.15, 0.2) is 0 Å². The van der Waals surface area contributed by atoms with Crippen molar-refractivity contribution in [2.24, 2.45) is 0 Å². The van der Waals surface area contributed by atoms with E-state index < -0.39 is 0 Å². The molecule has 0 fully saturated rings. The molecule has 1 aromatic rings. The van der Waals surface area contributed by atoms with Gasteiger partial charge in [-0.1, -0.05) is 59.3 Å². The highest BCUT2D eigenvalue weighted by Gasteiger charge is 2.27. The average molecular weight is 253 g/mol. The van der Waals surface area contributed by atoms with Gasteiger partial charge in [0, 0.05) is 10.8 Å². The fraction of sp³-hybridized carbons (Fsp3) is 0.800. The molecule has 0 aliphatic rings. The predicted octanol–water partition coefficient (Wildman–Crippen LogP) is 5.56. The van der Waals surface area contributed by atoms with E-state index in [0.717, 1.165) is 0 Å². The third kappa shape index (κ3) is 4.79. The van der Waals surface area contributed by atoms with Crippen LogP contribution in [0.15, 0.2) is 11.4 Å². The number of hydrogen-bond donors (Lipinski definition) is 0. The molecule has 1 rings (SSSR count). The Bertz CT molecular complexity index is 281. The lowest BCUT2D eigenvalue weighted by atomic mass is 9.77. The molecule has 0 radical (unpaired) electrons. The second-order valence-corrected chi connectivity index (χ2v) is 6.03. The van der Waals surface area contributed by atoms with Gasteiger partial charge in [0.05, 0.1) is 5.69 Å². The number of hydrogen-bond acceptors (Lipinski definition) is 2. The van der Waals surface area contributed by atoms with E-state index in [4.69, 9.17) is 0 Å². The van der Waals surface area contributed by atoms with Gasteiger partial charge in [-0.15, -0.1) is 0 Å². The summed E-state index contributed by atoms with van der Waals surface area (Å²) in [4.78, 5) is 0. The minimum atomic E-state index is 0.323. The first-order valence-electron chi connectivity index (χ1n) is 7.14. The topological polar surface area (TPSA) is 12.9 Å². The molecule has 1 atom stereocenters. The summed E-state index contributed by atoms with van der Waals surface area (Å²) in [5, 5.41) is 2.12. The summed E-state index contributed by atoms with van der Waals surface area (Å²) >= 11 is 1.59. The first-order chi connectivity index (χ1) is 8.23. The average Bonchev–Trinajstić information content (AvgIpc) is 2.86. The van der Waals surface area contributed by atoms with Crippen LogP contribution in [-0.4, -0.2) is 4.37 Å². The van der Waals surface area contributed by atoms with E-state index >= 15 is 0 Å². The summed E-state index contributed by atoms with van der Waals surface area (Å²) in [6.07, 6.45) is 10.6. The maximum Gasteiger partial charge on any atom is 0.0601 e. The summed E-state index contributed by atoms with van der Waals surface area (Å²) in [5.74, 6) is 0. The monoisotopic (exact) mass is 253 g/mol. The van der Waals surface area contributed by atoms with Crippen molar-refractivity contribution in [3.8, 4) is 0 Å². The van der Waals surface area contributed by atoms with Crippen molar-refractivity contribution >= 4 is 11.5 Å². The van der Waals surface area contributed by atoms with E-state index in [0.29, 0.717) is 5.41 Å². The highest BCUT2D eigenvalue weighted by Crippen LogP contribution is 2.34. The maximum atomic E-state index is 4.58. The quantitative estimate of drug-likeness (QED) is 0.525. The lowest BCUT2D eigenvalue weighted by Crippen LogP contribution is -2.22. The van der Waals surface area contributed by atoms with Crippen LogP contribution in [0.2, 0.25) is 0 Å². The van der Waals surface area contributed by atoms with Crippen molar-refractivity contribution in [1.29, 1.82) is 0 Å². The van der Waals surface area contributed by atoms with Gasteiger partial charge < -0.3 is 0 Å². The molecule has 0 saturated heterocycles. The van der Waals surface area contributed by atoms with Gasteiger partial charge in [-0.2, -0.15) is 4.37 Å². The molecule has 1 unspecified atom stereocenters. The standard InChI is InChI=1S/C15H27NS/c1-4-6-8-9-12-15(3,11-7-5-2)14-10-13-17-16-14/h10,13H,4-9,11-12H2,1-3H3. The van der Waals surface area contributed by atoms with Gasteiger partial charge in [0.25, 0.3) is 0 Å². The summed E-state index contributed by atoms with van der Waals surface area (Å²) < 4.78 is 4.58. The summed E-state index contributed by atoms with van der Waals surface area (Å²) in [5.41, 5.74) is 1.65. The summed E-state index contributed by atoms with van der Waals surface area (Å²) in [7, 11) is 0. The number of rotatable bonds is 9. The Labute approximate surface area is 111 Å². The van der Waals surface area contributed by atoms with Gasteiger partial charge >= 0.3 is 0 Å². The molecule has 0 N–H and O–H groups in total. The molecule has 0 saturated carbocycles. The molecule has 2 heteroatoms. The molecule has 0 amide bonds. The Morgan fingerprint density at radius 3 is 2.35 bits per heavy atom. The Kier molecular flexibility index (Phi) is 6.79. The van der Waals surface area contributed by atoms with Crippen molar-refractivity contribution in [2.75, 3.05) is 0 Å². The first kappa shape index (κ1) is 14.7. The fourth-order valence-corrected chi connectivity index (χ4v) is 3.06. The van der Waals surface area contributed by atoms with E-state index in [1.54, 1.807) is 11.5 Å². The molecular formula is C15H27NS. The van der Waals surface area contributed by atoms with Crippen LogP contribution in [-0.2, 0) is 5.41 Å². The number of unbranched alkanes of at least 4 members (excludes halogenated alkanes) is 4. The Morgan fingerprint density at radius 2 is 1.76 bits per heavy atom. The molecule has 1 heterocycles. The molecule has 0 aromatic carbocycles. The summed E-state index contributed by atoms with van der Waals surface area (Å²) in [6.45, 7) is 6.96. The number of nitrogens with zero attached hydrogens (tertiary/aromatic N) is 1. The molecule has 0 spiro atoms. The maximum absolute atomic E-state index is 4.58. The minimum absolute atomic E-state index is 0.323. The van der Waals surface area contributed by atoms with E-state index in [-0.39, 0.29) is 0 Å². The summed E-state index contributed by atoms with van der Waals surface area (Å²) in [6, 6.07) is 2.22. The first-order valence-corrected chi connectivity index (χ1v) is 7.97. The molecule has 1 aromatic heterocycles. The van der Waals surface area contributed by atoms with E-state index in [1.807, 2.05) is 0 Å². The van der Waals surface area contributed by atoms with Crippen molar-refractivity contribution in [2.45, 2.75) is 77.6 Å². The molecule has 17 heavy (non-hydrogen) atoms. The molecule has 98 valence electrons. The van der Waals surface area contributed by atoms with Crippen LogP contribution < -0.4 is 0 Å². The van der Waals surface area contributed by atoms with E-state index in [2.05, 4.69) is 36.6 Å². The second kappa shape index (κ2) is 7.86. The van der Waals surface area contributed by atoms with Crippen LogP contribution in [0.1, 0.15) is 77.8 Å². The second-order valence-electron chi connectivity index (χ2n) is 5.36. The number of aromatic nitrogens is 1. The van der Waals surface area contributed by atoms with Gasteiger partial charge in [0.1, 0.15) is 0 Å². The zero-order valence-electron chi connectivity index (χ0n) is 11.7. The fourth-order valence-electron chi connectivity index (χ4n) is 2.41. The SMILES string of the molecule is CCCCCCC(C)(CCCC)c1ccsn1. The highest BCUT2D eigenvalue weighted by molar-refractivity contribution is 7.03. The van der Waals surface area contributed by atoms with Crippen LogP contribution in [0, 0.1) is 0 Å². The molecule has 0 aliphatic heterocycles.